The maximum atomic E-state index is 12.0. The van der Waals surface area contributed by atoms with Gasteiger partial charge in [-0.25, -0.2) is 0 Å². The zero-order valence-corrected chi connectivity index (χ0v) is 13.6. The number of carbonyl (C=O) groups is 2. The lowest BCUT2D eigenvalue weighted by atomic mass is 10.1. The van der Waals surface area contributed by atoms with E-state index in [0.29, 0.717) is 11.6 Å². The van der Waals surface area contributed by atoms with Gasteiger partial charge in [0.1, 0.15) is 0 Å². The molecule has 2 rings (SSSR count). The van der Waals surface area contributed by atoms with Crippen LogP contribution in [-0.4, -0.2) is 36.3 Å². The maximum Gasteiger partial charge on any atom is 0.251 e. The van der Waals surface area contributed by atoms with Gasteiger partial charge in [-0.15, -0.1) is 6.58 Å². The first-order valence-corrected chi connectivity index (χ1v) is 8.05. The third kappa shape index (κ3) is 5.74. The molecule has 1 aliphatic carbocycles. The molecule has 1 N–H and O–H groups in total. The molecule has 0 spiro atoms. The number of nitrogens with zero attached hydrogens (tertiary/aromatic N) is 1. The van der Waals surface area contributed by atoms with Crippen LogP contribution in [0.3, 0.4) is 0 Å². The Morgan fingerprint density at radius 3 is 2.61 bits per heavy atom. The van der Waals surface area contributed by atoms with Crippen LogP contribution < -0.4 is 5.32 Å². The largest absolute Gasteiger partial charge is 0.349 e. The quantitative estimate of drug-likeness (QED) is 0.456. The van der Waals surface area contributed by atoms with Crippen LogP contribution in [0, 0.1) is 0 Å². The third-order valence-corrected chi connectivity index (χ3v) is 3.78. The van der Waals surface area contributed by atoms with Crippen molar-refractivity contribution in [3.05, 3.63) is 54.1 Å². The number of allylic oxidation sites excluding steroid dienone is 1. The van der Waals surface area contributed by atoms with Crippen molar-refractivity contribution >= 4 is 17.9 Å². The summed E-state index contributed by atoms with van der Waals surface area (Å²) in [5, 5.41) is 2.95. The second kappa shape index (κ2) is 8.32. The SMILES string of the molecule is C=CCCCN(C)C(=O)C=Cc1ccc(C(=O)NC2CC2)cc1. The number of unbranched alkanes of at least 4 members (excludes halogenated alkanes) is 1. The van der Waals surface area contributed by atoms with Crippen LogP contribution in [-0.2, 0) is 4.79 Å². The number of hydrogen-bond acceptors (Lipinski definition) is 2. The first-order chi connectivity index (χ1) is 11.1. The molecule has 122 valence electrons. The highest BCUT2D eigenvalue weighted by Gasteiger charge is 2.23. The smallest absolute Gasteiger partial charge is 0.251 e. The Bertz CT molecular complexity index is 586. The monoisotopic (exact) mass is 312 g/mol. The van der Waals surface area contributed by atoms with Gasteiger partial charge in [0.2, 0.25) is 5.91 Å². The number of hydrogen-bond donors (Lipinski definition) is 1. The van der Waals surface area contributed by atoms with Crippen LogP contribution in [0.15, 0.2) is 43.0 Å². The summed E-state index contributed by atoms with van der Waals surface area (Å²) in [6.07, 6.45) is 9.18. The second-order valence-electron chi connectivity index (χ2n) is 5.89. The van der Waals surface area contributed by atoms with Gasteiger partial charge in [-0.3, -0.25) is 9.59 Å². The topological polar surface area (TPSA) is 49.4 Å². The van der Waals surface area contributed by atoms with Crippen molar-refractivity contribution in [2.45, 2.75) is 31.7 Å². The highest BCUT2D eigenvalue weighted by atomic mass is 16.2. The zero-order chi connectivity index (χ0) is 16.7. The number of benzene rings is 1. The number of nitrogens with one attached hydrogen (secondary N) is 1. The van der Waals surface area contributed by atoms with Crippen molar-refractivity contribution < 1.29 is 9.59 Å². The first kappa shape index (κ1) is 17.0. The molecular weight excluding hydrogens is 288 g/mol. The Hall–Kier alpha value is -2.36. The van der Waals surface area contributed by atoms with Gasteiger partial charge in [0.05, 0.1) is 0 Å². The molecule has 1 aromatic carbocycles. The standard InChI is InChI=1S/C19H24N2O2/c1-3-4-5-14-21(2)18(22)13-8-15-6-9-16(10-7-15)19(23)20-17-11-12-17/h3,6-10,13,17H,1,4-5,11-12,14H2,2H3,(H,20,23). The normalized spacial score (nSPS) is 13.8. The van der Waals surface area contributed by atoms with E-state index in [2.05, 4.69) is 11.9 Å². The van der Waals surface area contributed by atoms with Crippen molar-refractivity contribution in [1.82, 2.24) is 10.2 Å². The van der Waals surface area contributed by atoms with E-state index in [1.807, 2.05) is 18.2 Å². The summed E-state index contributed by atoms with van der Waals surface area (Å²) in [4.78, 5) is 25.5. The van der Waals surface area contributed by atoms with Crippen molar-refractivity contribution in [3.8, 4) is 0 Å². The van der Waals surface area contributed by atoms with E-state index < -0.39 is 0 Å². The molecule has 1 aromatic rings. The molecule has 1 fully saturated rings. The van der Waals surface area contributed by atoms with Crippen LogP contribution in [0.25, 0.3) is 6.08 Å². The molecule has 4 heteroatoms. The minimum Gasteiger partial charge on any atom is -0.349 e. The van der Waals surface area contributed by atoms with Gasteiger partial charge < -0.3 is 10.2 Å². The lowest BCUT2D eigenvalue weighted by molar-refractivity contribution is -0.124. The summed E-state index contributed by atoms with van der Waals surface area (Å²) in [5.74, 6) is -0.0503. The van der Waals surface area contributed by atoms with E-state index in [4.69, 9.17) is 0 Å². The minimum absolute atomic E-state index is 0.0235. The van der Waals surface area contributed by atoms with Crippen LogP contribution >= 0.6 is 0 Å². The molecule has 0 saturated heterocycles. The summed E-state index contributed by atoms with van der Waals surface area (Å²) in [6, 6.07) is 7.63. The lowest BCUT2D eigenvalue weighted by Crippen LogP contribution is -2.25. The second-order valence-corrected chi connectivity index (χ2v) is 5.89. The summed E-state index contributed by atoms with van der Waals surface area (Å²) >= 11 is 0. The molecular formula is C19H24N2O2. The van der Waals surface area contributed by atoms with Gasteiger partial charge in [-0.2, -0.15) is 0 Å². The van der Waals surface area contributed by atoms with E-state index >= 15 is 0 Å². The van der Waals surface area contributed by atoms with Crippen molar-refractivity contribution in [2.24, 2.45) is 0 Å². The fourth-order valence-corrected chi connectivity index (χ4v) is 2.12. The van der Waals surface area contributed by atoms with E-state index in [1.54, 1.807) is 36.2 Å². The molecule has 0 bridgehead atoms. The van der Waals surface area contributed by atoms with E-state index in [0.717, 1.165) is 37.8 Å². The zero-order valence-electron chi connectivity index (χ0n) is 13.6. The van der Waals surface area contributed by atoms with Gasteiger partial charge in [-0.1, -0.05) is 18.2 Å². The highest BCUT2D eigenvalue weighted by molar-refractivity contribution is 5.95. The molecule has 1 aliphatic rings. The molecule has 0 radical (unpaired) electrons. The van der Waals surface area contributed by atoms with Crippen molar-refractivity contribution in [3.63, 3.8) is 0 Å². The Labute approximate surface area is 137 Å². The number of rotatable bonds is 8. The van der Waals surface area contributed by atoms with Crippen molar-refractivity contribution in [1.29, 1.82) is 0 Å². The molecule has 0 heterocycles. The molecule has 4 nitrogen and oxygen atoms in total. The lowest BCUT2D eigenvalue weighted by Gasteiger charge is -2.14. The molecule has 1 saturated carbocycles. The Morgan fingerprint density at radius 2 is 2.00 bits per heavy atom. The van der Waals surface area contributed by atoms with E-state index in [9.17, 15) is 9.59 Å². The fraction of sp³-hybridized carbons (Fsp3) is 0.368. The highest BCUT2D eigenvalue weighted by Crippen LogP contribution is 2.19. The average Bonchev–Trinajstić information content (AvgIpc) is 3.37. The molecule has 0 aliphatic heterocycles. The van der Waals surface area contributed by atoms with Crippen LogP contribution in [0.1, 0.15) is 41.6 Å². The molecule has 0 unspecified atom stereocenters. The number of carbonyl (C=O) groups excluding carboxylic acids is 2. The van der Waals surface area contributed by atoms with Crippen molar-refractivity contribution in [2.75, 3.05) is 13.6 Å². The summed E-state index contributed by atoms with van der Waals surface area (Å²) < 4.78 is 0. The summed E-state index contributed by atoms with van der Waals surface area (Å²) in [6.45, 7) is 4.39. The number of amides is 2. The van der Waals surface area contributed by atoms with E-state index in [-0.39, 0.29) is 11.8 Å². The maximum absolute atomic E-state index is 12.0. The molecule has 0 aromatic heterocycles. The Kier molecular flexibility index (Phi) is 6.15. The van der Waals surface area contributed by atoms with Gasteiger partial charge in [0, 0.05) is 31.3 Å². The molecule has 2 amide bonds. The fourth-order valence-electron chi connectivity index (χ4n) is 2.12. The minimum atomic E-state index is -0.0268. The predicted octanol–water partition coefficient (Wildman–Crippen LogP) is 3.02. The van der Waals surface area contributed by atoms with Gasteiger partial charge >= 0.3 is 0 Å². The van der Waals surface area contributed by atoms with Gasteiger partial charge in [-0.05, 0) is 49.5 Å². The average molecular weight is 312 g/mol. The van der Waals surface area contributed by atoms with Crippen LogP contribution in [0.4, 0.5) is 0 Å². The first-order valence-electron chi connectivity index (χ1n) is 8.05. The van der Waals surface area contributed by atoms with E-state index in [1.165, 1.54) is 0 Å². The van der Waals surface area contributed by atoms with Gasteiger partial charge in [0.15, 0.2) is 0 Å². The van der Waals surface area contributed by atoms with Gasteiger partial charge in [0.25, 0.3) is 5.91 Å². The van der Waals surface area contributed by atoms with Crippen LogP contribution in [0.5, 0.6) is 0 Å². The predicted molar refractivity (Wildman–Crippen MR) is 93.0 cm³/mol. The Balaban J connectivity index is 1.85. The molecule has 23 heavy (non-hydrogen) atoms. The summed E-state index contributed by atoms with van der Waals surface area (Å²) in [7, 11) is 1.79. The van der Waals surface area contributed by atoms with Crippen LogP contribution in [0.2, 0.25) is 0 Å². The number of likely N-dealkylation sites (N-methyl/N-ethyl adjacent to an activating group) is 1. The Morgan fingerprint density at radius 1 is 1.30 bits per heavy atom. The summed E-state index contributed by atoms with van der Waals surface area (Å²) in [5.41, 5.74) is 1.56. The molecule has 0 atom stereocenters. The third-order valence-electron chi connectivity index (χ3n) is 3.78.